The summed E-state index contributed by atoms with van der Waals surface area (Å²) in [5, 5.41) is 0. The van der Waals surface area contributed by atoms with Crippen molar-refractivity contribution < 1.29 is 26.1 Å². The number of likely N-dealkylation sites (N-methyl/N-ethyl adjacent to an activating group) is 1. The van der Waals surface area contributed by atoms with E-state index in [0.717, 1.165) is 0 Å². The van der Waals surface area contributed by atoms with E-state index in [-0.39, 0.29) is 0 Å². The third kappa shape index (κ3) is 8.72. The van der Waals surface area contributed by atoms with E-state index >= 15 is 0 Å². The van der Waals surface area contributed by atoms with Crippen LogP contribution in [0, 0.1) is 0 Å². The molecular formula is C11H23F3N2O3S. The molecule has 1 rings (SSSR count). The van der Waals surface area contributed by atoms with E-state index in [4.69, 9.17) is 13.0 Å². The zero-order chi connectivity index (χ0) is 15.8. The summed E-state index contributed by atoms with van der Waals surface area (Å²) in [6.07, 6.45) is 5.56. The van der Waals surface area contributed by atoms with Crippen LogP contribution in [0.2, 0.25) is 0 Å². The summed E-state index contributed by atoms with van der Waals surface area (Å²) >= 11 is 0. The molecule has 0 aliphatic carbocycles. The SMILES string of the molecule is CCCCCCN1CCN(C)C1.O=S(=O)(O)C(F)(F)F. The van der Waals surface area contributed by atoms with Gasteiger partial charge in [0.1, 0.15) is 0 Å². The first kappa shape index (κ1) is 19.6. The number of alkyl halides is 3. The fourth-order valence-electron chi connectivity index (χ4n) is 1.74. The van der Waals surface area contributed by atoms with Crippen LogP contribution in [0.3, 0.4) is 0 Å². The van der Waals surface area contributed by atoms with Gasteiger partial charge in [0.05, 0.1) is 6.67 Å². The Morgan fingerprint density at radius 1 is 1.15 bits per heavy atom. The first-order chi connectivity index (χ1) is 9.08. The molecule has 0 spiro atoms. The van der Waals surface area contributed by atoms with Gasteiger partial charge in [-0.25, -0.2) is 0 Å². The van der Waals surface area contributed by atoms with Gasteiger partial charge in [0, 0.05) is 13.1 Å². The van der Waals surface area contributed by atoms with E-state index in [2.05, 4.69) is 23.8 Å². The van der Waals surface area contributed by atoms with Gasteiger partial charge in [0.15, 0.2) is 0 Å². The Bertz CT molecular complexity index is 360. The summed E-state index contributed by atoms with van der Waals surface area (Å²) in [7, 11) is -3.64. The van der Waals surface area contributed by atoms with Crippen molar-refractivity contribution in [1.29, 1.82) is 0 Å². The van der Waals surface area contributed by atoms with Gasteiger partial charge in [-0.1, -0.05) is 26.2 Å². The Balaban J connectivity index is 0.000000396. The molecule has 1 fully saturated rings. The Morgan fingerprint density at radius 2 is 1.70 bits per heavy atom. The van der Waals surface area contributed by atoms with Crippen LogP contribution in [0.5, 0.6) is 0 Å². The van der Waals surface area contributed by atoms with E-state index in [0.29, 0.717) is 0 Å². The molecule has 20 heavy (non-hydrogen) atoms. The van der Waals surface area contributed by atoms with Gasteiger partial charge < -0.3 is 0 Å². The maximum absolute atomic E-state index is 10.7. The molecular weight excluding hydrogens is 297 g/mol. The van der Waals surface area contributed by atoms with Crippen LogP contribution in [0.4, 0.5) is 13.2 Å². The molecule has 1 aliphatic rings. The predicted octanol–water partition coefficient (Wildman–Crippen LogP) is 2.17. The fourth-order valence-corrected chi connectivity index (χ4v) is 1.74. The van der Waals surface area contributed by atoms with Gasteiger partial charge in [-0.3, -0.25) is 14.4 Å². The monoisotopic (exact) mass is 320 g/mol. The summed E-state index contributed by atoms with van der Waals surface area (Å²) in [5.74, 6) is 0. The largest absolute Gasteiger partial charge is 0.522 e. The highest BCUT2D eigenvalue weighted by atomic mass is 32.2. The van der Waals surface area contributed by atoms with Gasteiger partial charge in [-0.15, -0.1) is 0 Å². The molecule has 1 heterocycles. The maximum atomic E-state index is 10.7. The van der Waals surface area contributed by atoms with Gasteiger partial charge in [-0.05, 0) is 20.0 Å². The molecule has 0 aromatic heterocycles. The van der Waals surface area contributed by atoms with Crippen molar-refractivity contribution in [2.24, 2.45) is 0 Å². The minimum absolute atomic E-state index is 1.19. The molecule has 0 aromatic rings. The number of rotatable bonds is 5. The molecule has 9 heteroatoms. The van der Waals surface area contributed by atoms with Crippen molar-refractivity contribution in [3.8, 4) is 0 Å². The van der Waals surface area contributed by atoms with Crippen molar-refractivity contribution in [3.05, 3.63) is 0 Å². The number of nitrogens with zero attached hydrogens (tertiary/aromatic N) is 2. The van der Waals surface area contributed by atoms with Crippen LogP contribution in [-0.2, 0) is 10.1 Å². The second-order valence-electron chi connectivity index (χ2n) is 4.82. The van der Waals surface area contributed by atoms with Crippen molar-refractivity contribution in [2.75, 3.05) is 33.4 Å². The highest BCUT2D eigenvalue weighted by Gasteiger charge is 2.44. The van der Waals surface area contributed by atoms with E-state index in [1.54, 1.807) is 0 Å². The average Bonchev–Trinajstić information content (AvgIpc) is 2.69. The van der Waals surface area contributed by atoms with Crippen molar-refractivity contribution in [1.82, 2.24) is 9.80 Å². The van der Waals surface area contributed by atoms with Gasteiger partial charge in [-0.2, -0.15) is 21.6 Å². The topological polar surface area (TPSA) is 60.9 Å². The fraction of sp³-hybridized carbons (Fsp3) is 1.00. The first-order valence-electron chi connectivity index (χ1n) is 6.52. The van der Waals surface area contributed by atoms with Crippen molar-refractivity contribution in [3.63, 3.8) is 0 Å². The van der Waals surface area contributed by atoms with E-state index < -0.39 is 15.6 Å². The van der Waals surface area contributed by atoms with Gasteiger partial charge in [0.2, 0.25) is 0 Å². The number of halogens is 3. The number of hydrogen-bond donors (Lipinski definition) is 1. The van der Waals surface area contributed by atoms with Crippen LogP contribution in [0.15, 0.2) is 0 Å². The molecule has 1 saturated heterocycles. The van der Waals surface area contributed by atoms with Crippen molar-refractivity contribution >= 4 is 10.1 Å². The Morgan fingerprint density at radius 3 is 2.05 bits per heavy atom. The minimum atomic E-state index is -5.84. The third-order valence-corrected chi connectivity index (χ3v) is 3.44. The van der Waals surface area contributed by atoms with E-state index in [1.165, 1.54) is 52.0 Å². The first-order valence-corrected chi connectivity index (χ1v) is 7.96. The molecule has 1 N–H and O–H groups in total. The molecule has 122 valence electrons. The summed E-state index contributed by atoms with van der Waals surface area (Å²) in [5.41, 5.74) is -5.53. The lowest BCUT2D eigenvalue weighted by atomic mass is 10.2. The third-order valence-electron chi connectivity index (χ3n) is 2.86. The van der Waals surface area contributed by atoms with Crippen molar-refractivity contribution in [2.45, 2.75) is 38.1 Å². The zero-order valence-corrected chi connectivity index (χ0v) is 12.7. The van der Waals surface area contributed by atoms with Crippen LogP contribution < -0.4 is 0 Å². The highest BCUT2D eigenvalue weighted by molar-refractivity contribution is 7.86. The lowest BCUT2D eigenvalue weighted by Crippen LogP contribution is -2.24. The summed E-state index contributed by atoms with van der Waals surface area (Å²) in [6.45, 7) is 7.30. The molecule has 0 unspecified atom stereocenters. The van der Waals surface area contributed by atoms with Crippen LogP contribution in [-0.4, -0.2) is 61.6 Å². The summed E-state index contributed by atoms with van der Waals surface area (Å²) in [4.78, 5) is 4.94. The molecule has 1 aliphatic heterocycles. The summed E-state index contributed by atoms with van der Waals surface area (Å²) < 4.78 is 57.5. The molecule has 0 saturated carbocycles. The smallest absolute Gasteiger partial charge is 0.292 e. The Hall–Kier alpha value is -0.380. The van der Waals surface area contributed by atoms with Crippen LogP contribution in [0.25, 0.3) is 0 Å². The minimum Gasteiger partial charge on any atom is -0.292 e. The zero-order valence-electron chi connectivity index (χ0n) is 11.9. The van der Waals surface area contributed by atoms with Crippen LogP contribution >= 0.6 is 0 Å². The quantitative estimate of drug-likeness (QED) is 0.478. The normalized spacial score (nSPS) is 17.9. The highest BCUT2D eigenvalue weighted by Crippen LogP contribution is 2.20. The average molecular weight is 320 g/mol. The van der Waals surface area contributed by atoms with Gasteiger partial charge >= 0.3 is 15.6 Å². The Kier molecular flexibility index (Phi) is 8.64. The lowest BCUT2D eigenvalue weighted by molar-refractivity contribution is -0.0510. The molecule has 0 radical (unpaired) electrons. The van der Waals surface area contributed by atoms with Crippen LogP contribution in [0.1, 0.15) is 32.6 Å². The molecule has 0 bridgehead atoms. The standard InChI is InChI=1S/C10H22N2.CHF3O3S/c1-3-4-5-6-7-12-9-8-11(2)10-12;2-1(3,4)8(5,6)7/h3-10H2,1-2H3;(H,5,6,7). The Labute approximate surface area is 118 Å². The molecule has 0 atom stereocenters. The number of hydrogen-bond acceptors (Lipinski definition) is 4. The van der Waals surface area contributed by atoms with Gasteiger partial charge in [0.25, 0.3) is 0 Å². The second kappa shape index (κ2) is 8.81. The second-order valence-corrected chi connectivity index (χ2v) is 6.23. The molecule has 0 aromatic carbocycles. The van der Waals surface area contributed by atoms with E-state index in [1.807, 2.05) is 0 Å². The predicted molar refractivity (Wildman–Crippen MR) is 70.8 cm³/mol. The summed E-state index contributed by atoms with van der Waals surface area (Å²) in [6, 6.07) is 0. The number of unbranched alkanes of at least 4 members (excludes halogenated alkanes) is 3. The van der Waals surface area contributed by atoms with E-state index in [9.17, 15) is 13.2 Å². The maximum Gasteiger partial charge on any atom is 0.522 e. The molecule has 0 amide bonds. The lowest BCUT2D eigenvalue weighted by Gasteiger charge is -2.14. The molecule has 5 nitrogen and oxygen atoms in total.